The Hall–Kier alpha value is -2.29. The highest BCUT2D eigenvalue weighted by molar-refractivity contribution is 7.92. The second kappa shape index (κ2) is 6.07. The summed E-state index contributed by atoms with van der Waals surface area (Å²) >= 11 is 0. The number of nitrogens with one attached hydrogen (secondary N) is 1. The highest BCUT2D eigenvalue weighted by atomic mass is 32.2. The maximum absolute atomic E-state index is 13.6. The average molecular weight is 349 g/mol. The first kappa shape index (κ1) is 17.1. The van der Waals surface area contributed by atoms with Crippen LogP contribution in [-0.4, -0.2) is 15.5 Å². The van der Waals surface area contributed by atoms with Crippen molar-refractivity contribution in [3.8, 4) is 5.75 Å². The number of para-hydroxylation sites is 1. The summed E-state index contributed by atoms with van der Waals surface area (Å²) < 4.78 is 83.0. The number of sulfonamides is 1. The molecule has 4 nitrogen and oxygen atoms in total. The molecule has 2 aromatic rings. The molecule has 0 fully saturated rings. The normalized spacial score (nSPS) is 12.0. The van der Waals surface area contributed by atoms with Crippen LogP contribution in [-0.2, 0) is 16.2 Å². The van der Waals surface area contributed by atoms with Crippen molar-refractivity contribution in [1.29, 1.82) is 0 Å². The van der Waals surface area contributed by atoms with Gasteiger partial charge in [-0.1, -0.05) is 12.1 Å². The number of methoxy groups -OCH3 is 1. The largest absolute Gasteiger partial charge is 0.494 e. The minimum atomic E-state index is -4.73. The molecule has 0 spiro atoms. The third-order valence-electron chi connectivity index (χ3n) is 2.91. The molecule has 23 heavy (non-hydrogen) atoms. The lowest BCUT2D eigenvalue weighted by molar-refractivity contribution is -0.136. The van der Waals surface area contributed by atoms with Gasteiger partial charge in [-0.05, 0) is 30.3 Å². The van der Waals surface area contributed by atoms with Gasteiger partial charge in [0.25, 0.3) is 10.0 Å². The summed E-state index contributed by atoms with van der Waals surface area (Å²) in [4.78, 5) is -0.521. The van der Waals surface area contributed by atoms with Crippen LogP contribution in [0.25, 0.3) is 0 Å². The van der Waals surface area contributed by atoms with Gasteiger partial charge in [-0.2, -0.15) is 13.2 Å². The molecule has 124 valence electrons. The maximum atomic E-state index is 13.6. The van der Waals surface area contributed by atoms with Gasteiger partial charge in [0.15, 0.2) is 11.6 Å². The van der Waals surface area contributed by atoms with Crippen molar-refractivity contribution in [2.24, 2.45) is 0 Å². The van der Waals surface area contributed by atoms with Gasteiger partial charge in [-0.25, -0.2) is 12.8 Å². The summed E-state index contributed by atoms with van der Waals surface area (Å²) in [6.45, 7) is 0. The van der Waals surface area contributed by atoms with Crippen molar-refractivity contribution in [3.05, 3.63) is 53.8 Å². The zero-order valence-corrected chi connectivity index (χ0v) is 12.5. The second-order valence-electron chi connectivity index (χ2n) is 4.45. The van der Waals surface area contributed by atoms with E-state index in [1.165, 1.54) is 13.2 Å². The first-order valence-electron chi connectivity index (χ1n) is 6.18. The van der Waals surface area contributed by atoms with E-state index < -0.39 is 38.2 Å². The highest BCUT2D eigenvalue weighted by Gasteiger charge is 2.34. The number of alkyl halides is 3. The molecule has 0 aromatic heterocycles. The van der Waals surface area contributed by atoms with E-state index in [1.54, 1.807) is 0 Å². The Bertz CT molecular complexity index is 819. The smallest absolute Gasteiger partial charge is 0.418 e. The topological polar surface area (TPSA) is 55.4 Å². The van der Waals surface area contributed by atoms with Crippen molar-refractivity contribution in [3.63, 3.8) is 0 Å². The van der Waals surface area contributed by atoms with Crippen LogP contribution in [0.3, 0.4) is 0 Å². The molecule has 0 atom stereocenters. The maximum Gasteiger partial charge on any atom is 0.418 e. The minimum absolute atomic E-state index is 0.181. The molecule has 0 saturated carbocycles. The van der Waals surface area contributed by atoms with Gasteiger partial charge in [0, 0.05) is 0 Å². The molecule has 2 aromatic carbocycles. The van der Waals surface area contributed by atoms with E-state index in [0.717, 1.165) is 30.3 Å². The van der Waals surface area contributed by atoms with Gasteiger partial charge < -0.3 is 4.74 Å². The zero-order chi connectivity index (χ0) is 17.3. The molecule has 2 rings (SSSR count). The highest BCUT2D eigenvalue weighted by Crippen LogP contribution is 2.35. The van der Waals surface area contributed by atoms with Crippen molar-refractivity contribution in [1.82, 2.24) is 0 Å². The molecule has 0 bridgehead atoms. The van der Waals surface area contributed by atoms with Crippen molar-refractivity contribution in [2.75, 3.05) is 11.8 Å². The summed E-state index contributed by atoms with van der Waals surface area (Å²) in [5.41, 5.74) is -1.78. The standard InChI is InChI=1S/C14H11F4NO3S/c1-22-13-7-6-9(8-11(13)15)23(20,21)19-12-5-3-2-4-10(12)14(16,17)18/h2-8,19H,1H3. The van der Waals surface area contributed by atoms with Crippen LogP contribution in [0, 0.1) is 5.82 Å². The van der Waals surface area contributed by atoms with E-state index in [4.69, 9.17) is 0 Å². The Balaban J connectivity index is 2.42. The molecular weight excluding hydrogens is 338 g/mol. The van der Waals surface area contributed by atoms with Gasteiger partial charge >= 0.3 is 6.18 Å². The van der Waals surface area contributed by atoms with E-state index in [-0.39, 0.29) is 5.75 Å². The zero-order valence-electron chi connectivity index (χ0n) is 11.7. The Morgan fingerprint density at radius 3 is 2.30 bits per heavy atom. The Labute approximate surface area is 129 Å². The van der Waals surface area contributed by atoms with Crippen molar-refractivity contribution >= 4 is 15.7 Å². The van der Waals surface area contributed by atoms with Crippen LogP contribution in [0.4, 0.5) is 23.2 Å². The number of halogens is 4. The lowest BCUT2D eigenvalue weighted by Gasteiger charge is -2.15. The lowest BCUT2D eigenvalue weighted by Crippen LogP contribution is -2.17. The van der Waals surface area contributed by atoms with Gasteiger partial charge in [0.2, 0.25) is 0 Å². The first-order chi connectivity index (χ1) is 10.6. The van der Waals surface area contributed by atoms with Crippen LogP contribution < -0.4 is 9.46 Å². The Morgan fingerprint density at radius 1 is 1.09 bits per heavy atom. The summed E-state index contributed by atoms with van der Waals surface area (Å²) in [5.74, 6) is -1.13. The molecule has 0 unspecified atom stereocenters. The molecule has 0 aliphatic rings. The number of ether oxygens (including phenoxy) is 1. The molecule has 0 radical (unpaired) electrons. The predicted molar refractivity (Wildman–Crippen MR) is 75.2 cm³/mol. The third kappa shape index (κ3) is 3.73. The molecule has 1 N–H and O–H groups in total. The number of rotatable bonds is 4. The fraction of sp³-hybridized carbons (Fsp3) is 0.143. The molecule has 0 heterocycles. The average Bonchev–Trinajstić information content (AvgIpc) is 2.46. The van der Waals surface area contributed by atoms with Crippen LogP contribution >= 0.6 is 0 Å². The quantitative estimate of drug-likeness (QED) is 0.857. The number of benzene rings is 2. The molecule has 9 heteroatoms. The van der Waals surface area contributed by atoms with Crippen LogP contribution in [0.1, 0.15) is 5.56 Å². The van der Waals surface area contributed by atoms with E-state index in [9.17, 15) is 26.0 Å². The van der Waals surface area contributed by atoms with Crippen LogP contribution in [0.2, 0.25) is 0 Å². The van der Waals surface area contributed by atoms with E-state index in [1.807, 2.05) is 4.72 Å². The van der Waals surface area contributed by atoms with Crippen molar-refractivity contribution in [2.45, 2.75) is 11.1 Å². The van der Waals surface area contributed by atoms with Gasteiger partial charge in [-0.3, -0.25) is 4.72 Å². The van der Waals surface area contributed by atoms with E-state index in [2.05, 4.69) is 4.74 Å². The van der Waals surface area contributed by atoms with Gasteiger partial charge in [-0.15, -0.1) is 0 Å². The van der Waals surface area contributed by atoms with Gasteiger partial charge in [0.05, 0.1) is 23.3 Å². The monoisotopic (exact) mass is 349 g/mol. The minimum Gasteiger partial charge on any atom is -0.494 e. The fourth-order valence-corrected chi connectivity index (χ4v) is 2.93. The predicted octanol–water partition coefficient (Wildman–Crippen LogP) is 3.65. The van der Waals surface area contributed by atoms with Crippen LogP contribution in [0.5, 0.6) is 5.75 Å². The molecule has 0 aliphatic heterocycles. The molecule has 0 aliphatic carbocycles. The summed E-state index contributed by atoms with van der Waals surface area (Å²) in [7, 11) is -3.19. The Morgan fingerprint density at radius 2 is 1.74 bits per heavy atom. The second-order valence-corrected chi connectivity index (χ2v) is 6.13. The first-order valence-corrected chi connectivity index (χ1v) is 7.66. The van der Waals surface area contributed by atoms with E-state index >= 15 is 0 Å². The summed E-state index contributed by atoms with van der Waals surface area (Å²) in [5, 5.41) is 0. The molecule has 0 saturated heterocycles. The fourth-order valence-electron chi connectivity index (χ4n) is 1.84. The summed E-state index contributed by atoms with van der Waals surface area (Å²) in [6, 6.07) is 6.86. The number of hydrogen-bond donors (Lipinski definition) is 1. The van der Waals surface area contributed by atoms with Crippen molar-refractivity contribution < 1.29 is 30.7 Å². The van der Waals surface area contributed by atoms with Gasteiger partial charge in [0.1, 0.15) is 0 Å². The molecular formula is C14H11F4NO3S. The lowest BCUT2D eigenvalue weighted by atomic mass is 10.2. The number of anilines is 1. The third-order valence-corrected chi connectivity index (χ3v) is 4.27. The van der Waals surface area contributed by atoms with Crippen LogP contribution in [0.15, 0.2) is 47.4 Å². The summed E-state index contributed by atoms with van der Waals surface area (Å²) in [6.07, 6.45) is -4.73. The Kier molecular flexibility index (Phi) is 4.51. The number of hydrogen-bond acceptors (Lipinski definition) is 3. The molecule has 0 amide bonds. The SMILES string of the molecule is COc1ccc(S(=O)(=O)Nc2ccccc2C(F)(F)F)cc1F. The van der Waals surface area contributed by atoms with E-state index in [0.29, 0.717) is 6.07 Å².